The van der Waals surface area contributed by atoms with Crippen molar-refractivity contribution in [2.45, 2.75) is 32.8 Å². The third-order valence-corrected chi connectivity index (χ3v) is 3.25. The summed E-state index contributed by atoms with van der Waals surface area (Å²) in [6.45, 7) is 4.43. The van der Waals surface area contributed by atoms with Crippen molar-refractivity contribution < 1.29 is 5.11 Å². The van der Waals surface area contributed by atoms with Crippen molar-refractivity contribution in [1.82, 2.24) is 4.98 Å². The Morgan fingerprint density at radius 3 is 2.57 bits per heavy atom. The lowest BCUT2D eigenvalue weighted by Crippen LogP contribution is -2.16. The molecule has 2 heteroatoms. The highest BCUT2D eigenvalue weighted by Crippen LogP contribution is 2.53. The van der Waals surface area contributed by atoms with Gasteiger partial charge < -0.3 is 5.11 Å². The number of aliphatic hydroxyl groups excluding tert-OH is 1. The van der Waals surface area contributed by atoms with Crippen LogP contribution in [0.3, 0.4) is 0 Å². The molecule has 0 spiro atoms. The fourth-order valence-corrected chi connectivity index (χ4v) is 2.07. The lowest BCUT2D eigenvalue weighted by molar-refractivity contribution is 0.137. The molecule has 0 bridgehead atoms. The van der Waals surface area contributed by atoms with Crippen molar-refractivity contribution >= 4 is 0 Å². The first-order chi connectivity index (χ1) is 6.59. The monoisotopic (exact) mass is 191 g/mol. The molecule has 2 atom stereocenters. The maximum Gasteiger partial charge on any atom is 0.0614 e. The summed E-state index contributed by atoms with van der Waals surface area (Å²) in [5, 5.41) is 9.96. The van der Waals surface area contributed by atoms with Gasteiger partial charge in [0, 0.05) is 12.4 Å². The fourth-order valence-electron chi connectivity index (χ4n) is 2.07. The average molecular weight is 191 g/mol. The standard InChI is InChI=1S/C12H17NO/c1-12(2)8-10(12)11(14)7-9-3-5-13-6-4-9/h3-6,10-11,14H,7-8H2,1-2H3. The fraction of sp³-hybridized carbons (Fsp3) is 0.583. The Kier molecular flexibility index (Phi) is 2.31. The van der Waals surface area contributed by atoms with Gasteiger partial charge in [-0.1, -0.05) is 13.8 Å². The van der Waals surface area contributed by atoms with Gasteiger partial charge in [0.25, 0.3) is 0 Å². The molecule has 2 rings (SSSR count). The van der Waals surface area contributed by atoms with Crippen LogP contribution in [0.1, 0.15) is 25.8 Å². The van der Waals surface area contributed by atoms with Gasteiger partial charge in [-0.05, 0) is 41.9 Å². The first-order valence-electron chi connectivity index (χ1n) is 5.16. The maximum absolute atomic E-state index is 9.96. The van der Waals surface area contributed by atoms with Crippen molar-refractivity contribution in [3.8, 4) is 0 Å². The molecule has 14 heavy (non-hydrogen) atoms. The molecule has 1 aromatic heterocycles. The SMILES string of the molecule is CC1(C)CC1C(O)Cc1ccncc1. The van der Waals surface area contributed by atoms with Crippen molar-refractivity contribution in [2.24, 2.45) is 11.3 Å². The zero-order valence-corrected chi connectivity index (χ0v) is 8.77. The summed E-state index contributed by atoms with van der Waals surface area (Å²) in [5.41, 5.74) is 1.53. The molecular weight excluding hydrogens is 174 g/mol. The lowest BCUT2D eigenvalue weighted by atomic mass is 10.0. The number of aliphatic hydroxyl groups is 1. The molecule has 0 radical (unpaired) electrons. The predicted molar refractivity (Wildman–Crippen MR) is 55.8 cm³/mol. The molecule has 1 aliphatic rings. The quantitative estimate of drug-likeness (QED) is 0.793. The molecule has 2 unspecified atom stereocenters. The molecular formula is C12H17NO. The third-order valence-electron chi connectivity index (χ3n) is 3.25. The second kappa shape index (κ2) is 3.35. The largest absolute Gasteiger partial charge is 0.392 e. The third kappa shape index (κ3) is 1.95. The Hall–Kier alpha value is -0.890. The smallest absolute Gasteiger partial charge is 0.0614 e. The normalized spacial score (nSPS) is 25.8. The Labute approximate surface area is 85.0 Å². The molecule has 1 aliphatic carbocycles. The molecule has 0 aliphatic heterocycles. The molecule has 76 valence electrons. The van der Waals surface area contributed by atoms with E-state index < -0.39 is 0 Å². The zero-order valence-electron chi connectivity index (χ0n) is 8.77. The topological polar surface area (TPSA) is 33.1 Å². The van der Waals surface area contributed by atoms with Gasteiger partial charge in [-0.25, -0.2) is 0 Å². The summed E-state index contributed by atoms with van der Waals surface area (Å²) >= 11 is 0. The van der Waals surface area contributed by atoms with E-state index in [2.05, 4.69) is 18.8 Å². The van der Waals surface area contributed by atoms with Crippen LogP contribution in [0.25, 0.3) is 0 Å². The highest BCUT2D eigenvalue weighted by molar-refractivity contribution is 5.13. The van der Waals surface area contributed by atoms with Gasteiger partial charge in [0.2, 0.25) is 0 Å². The molecule has 1 heterocycles. The first kappa shape index (κ1) is 9.66. The van der Waals surface area contributed by atoms with Gasteiger partial charge in [0.1, 0.15) is 0 Å². The van der Waals surface area contributed by atoms with E-state index in [9.17, 15) is 5.11 Å². The van der Waals surface area contributed by atoms with E-state index in [1.54, 1.807) is 12.4 Å². The molecule has 1 aromatic rings. The summed E-state index contributed by atoms with van der Waals surface area (Å²) in [4.78, 5) is 3.96. The summed E-state index contributed by atoms with van der Waals surface area (Å²) in [7, 11) is 0. The van der Waals surface area contributed by atoms with Gasteiger partial charge in [0.05, 0.1) is 6.10 Å². The van der Waals surface area contributed by atoms with Gasteiger partial charge in [-0.2, -0.15) is 0 Å². The van der Waals surface area contributed by atoms with Crippen LogP contribution in [0, 0.1) is 11.3 Å². The molecule has 0 aromatic carbocycles. The zero-order chi connectivity index (χ0) is 10.2. The Bertz CT molecular complexity index is 307. The minimum atomic E-state index is -0.188. The van der Waals surface area contributed by atoms with E-state index in [1.165, 1.54) is 5.56 Å². The highest BCUT2D eigenvalue weighted by Gasteiger charge is 2.49. The summed E-state index contributed by atoms with van der Waals surface area (Å²) in [5.74, 6) is 0.482. The summed E-state index contributed by atoms with van der Waals surface area (Å²) in [6.07, 6.45) is 5.28. The van der Waals surface area contributed by atoms with Crippen molar-refractivity contribution in [1.29, 1.82) is 0 Å². The Balaban J connectivity index is 1.93. The number of nitrogens with zero attached hydrogens (tertiary/aromatic N) is 1. The highest BCUT2D eigenvalue weighted by atomic mass is 16.3. The molecule has 0 amide bonds. The van der Waals surface area contributed by atoms with Crippen LogP contribution in [0.15, 0.2) is 24.5 Å². The van der Waals surface area contributed by atoms with E-state index in [4.69, 9.17) is 0 Å². The van der Waals surface area contributed by atoms with Crippen LogP contribution in [0.4, 0.5) is 0 Å². The van der Waals surface area contributed by atoms with Crippen molar-refractivity contribution in [2.75, 3.05) is 0 Å². The van der Waals surface area contributed by atoms with Gasteiger partial charge in [-0.3, -0.25) is 4.98 Å². The Morgan fingerprint density at radius 2 is 2.07 bits per heavy atom. The average Bonchev–Trinajstić information content (AvgIpc) is 2.77. The van der Waals surface area contributed by atoms with Crippen LogP contribution in [-0.2, 0) is 6.42 Å². The van der Waals surface area contributed by atoms with Crippen molar-refractivity contribution in [3.63, 3.8) is 0 Å². The van der Waals surface area contributed by atoms with Gasteiger partial charge >= 0.3 is 0 Å². The second-order valence-corrected chi connectivity index (χ2v) is 4.93. The molecule has 1 fully saturated rings. The molecule has 1 N–H and O–H groups in total. The van der Waals surface area contributed by atoms with Crippen LogP contribution < -0.4 is 0 Å². The number of rotatable bonds is 3. The molecule has 0 saturated heterocycles. The van der Waals surface area contributed by atoms with Crippen LogP contribution in [0.5, 0.6) is 0 Å². The summed E-state index contributed by atoms with van der Waals surface area (Å²) < 4.78 is 0. The van der Waals surface area contributed by atoms with Gasteiger partial charge in [-0.15, -0.1) is 0 Å². The molecule has 2 nitrogen and oxygen atoms in total. The second-order valence-electron chi connectivity index (χ2n) is 4.93. The number of pyridine rings is 1. The summed E-state index contributed by atoms with van der Waals surface area (Å²) in [6, 6.07) is 3.94. The van der Waals surface area contributed by atoms with Crippen LogP contribution >= 0.6 is 0 Å². The molecule has 1 saturated carbocycles. The van der Waals surface area contributed by atoms with Crippen LogP contribution in [0.2, 0.25) is 0 Å². The van der Waals surface area contributed by atoms with E-state index in [-0.39, 0.29) is 6.10 Å². The Morgan fingerprint density at radius 1 is 1.50 bits per heavy atom. The van der Waals surface area contributed by atoms with E-state index in [1.807, 2.05) is 12.1 Å². The van der Waals surface area contributed by atoms with Gasteiger partial charge in [0.15, 0.2) is 0 Å². The first-order valence-corrected chi connectivity index (χ1v) is 5.16. The van der Waals surface area contributed by atoms with Crippen LogP contribution in [-0.4, -0.2) is 16.2 Å². The van der Waals surface area contributed by atoms with E-state index in [0.29, 0.717) is 11.3 Å². The minimum absolute atomic E-state index is 0.188. The number of hydrogen-bond acceptors (Lipinski definition) is 2. The van der Waals surface area contributed by atoms with Crippen molar-refractivity contribution in [3.05, 3.63) is 30.1 Å². The lowest BCUT2D eigenvalue weighted by Gasteiger charge is -2.11. The number of aromatic nitrogens is 1. The maximum atomic E-state index is 9.96. The van der Waals surface area contributed by atoms with E-state index in [0.717, 1.165) is 12.8 Å². The predicted octanol–water partition coefficient (Wildman–Crippen LogP) is 2.03. The minimum Gasteiger partial charge on any atom is -0.392 e. The number of hydrogen-bond donors (Lipinski definition) is 1. The van der Waals surface area contributed by atoms with E-state index >= 15 is 0 Å².